The van der Waals surface area contributed by atoms with Crippen molar-refractivity contribution in [1.82, 2.24) is 0 Å². The van der Waals surface area contributed by atoms with Crippen LogP contribution in [0.1, 0.15) is 5.56 Å². The molecule has 3 heteroatoms. The van der Waals surface area contributed by atoms with Crippen LogP contribution < -0.4 is 5.73 Å². The van der Waals surface area contributed by atoms with Gasteiger partial charge in [-0.1, -0.05) is 12.1 Å². The van der Waals surface area contributed by atoms with Crippen molar-refractivity contribution in [3.05, 3.63) is 29.6 Å². The Hall–Kier alpha value is -1.09. The van der Waals surface area contributed by atoms with Crippen LogP contribution in [0, 0.1) is 5.82 Å². The highest BCUT2D eigenvalue weighted by Gasteiger charge is 2.03. The van der Waals surface area contributed by atoms with E-state index in [2.05, 4.69) is 0 Å². The summed E-state index contributed by atoms with van der Waals surface area (Å²) in [5.41, 5.74) is 5.98. The fourth-order valence-corrected chi connectivity index (χ4v) is 0.867. The summed E-state index contributed by atoms with van der Waals surface area (Å²) in [6.07, 6.45) is 0. The van der Waals surface area contributed by atoms with Crippen molar-refractivity contribution < 1.29 is 9.13 Å². The SMILES string of the molecule is COCc1cccc(N)c1F. The Bertz CT molecular complexity index is 250. The molecular weight excluding hydrogens is 145 g/mol. The monoisotopic (exact) mass is 155 g/mol. The van der Waals surface area contributed by atoms with Gasteiger partial charge in [0.25, 0.3) is 0 Å². The van der Waals surface area contributed by atoms with Crippen LogP contribution in [0.2, 0.25) is 0 Å². The first-order valence-corrected chi connectivity index (χ1v) is 3.27. The van der Waals surface area contributed by atoms with Crippen molar-refractivity contribution in [2.75, 3.05) is 12.8 Å². The Labute approximate surface area is 64.8 Å². The van der Waals surface area contributed by atoms with Crippen LogP contribution in [0.25, 0.3) is 0 Å². The number of halogens is 1. The molecule has 0 aliphatic carbocycles. The summed E-state index contributed by atoms with van der Waals surface area (Å²) < 4.78 is 17.8. The lowest BCUT2D eigenvalue weighted by atomic mass is 10.2. The summed E-state index contributed by atoms with van der Waals surface area (Å²) in [4.78, 5) is 0. The molecule has 0 atom stereocenters. The molecule has 1 rings (SSSR count). The molecule has 0 fully saturated rings. The number of methoxy groups -OCH3 is 1. The average Bonchev–Trinajstić information content (AvgIpc) is 1.99. The Balaban J connectivity index is 2.96. The molecule has 0 bridgehead atoms. The fourth-order valence-electron chi connectivity index (χ4n) is 0.867. The minimum Gasteiger partial charge on any atom is -0.396 e. The van der Waals surface area contributed by atoms with E-state index >= 15 is 0 Å². The average molecular weight is 155 g/mol. The third-order valence-electron chi connectivity index (χ3n) is 1.41. The van der Waals surface area contributed by atoms with E-state index in [1.165, 1.54) is 13.2 Å². The molecule has 0 aliphatic heterocycles. The molecule has 0 spiro atoms. The molecule has 2 nitrogen and oxygen atoms in total. The van der Waals surface area contributed by atoms with Crippen LogP contribution in [0.5, 0.6) is 0 Å². The predicted octanol–water partition coefficient (Wildman–Crippen LogP) is 1.55. The molecule has 1 aromatic carbocycles. The molecule has 2 N–H and O–H groups in total. The van der Waals surface area contributed by atoms with Gasteiger partial charge >= 0.3 is 0 Å². The standard InChI is InChI=1S/C8H10FNO/c1-11-5-6-3-2-4-7(10)8(6)9/h2-4H,5,10H2,1H3. The smallest absolute Gasteiger partial charge is 0.151 e. The van der Waals surface area contributed by atoms with Crippen LogP contribution in [0.15, 0.2) is 18.2 Å². The number of benzene rings is 1. The number of anilines is 1. The van der Waals surface area contributed by atoms with Crippen molar-refractivity contribution >= 4 is 5.69 Å². The Morgan fingerprint density at radius 2 is 2.27 bits per heavy atom. The van der Waals surface area contributed by atoms with E-state index in [9.17, 15) is 4.39 Å². The molecule has 0 saturated heterocycles. The summed E-state index contributed by atoms with van der Waals surface area (Å²) in [6.45, 7) is 0.261. The zero-order valence-electron chi connectivity index (χ0n) is 6.30. The highest BCUT2D eigenvalue weighted by Crippen LogP contribution is 2.14. The highest BCUT2D eigenvalue weighted by molar-refractivity contribution is 5.42. The fraction of sp³-hybridized carbons (Fsp3) is 0.250. The van der Waals surface area contributed by atoms with E-state index in [4.69, 9.17) is 10.5 Å². The second kappa shape index (κ2) is 3.34. The molecule has 11 heavy (non-hydrogen) atoms. The number of ether oxygens (including phenoxy) is 1. The van der Waals surface area contributed by atoms with Gasteiger partial charge in [-0.15, -0.1) is 0 Å². The van der Waals surface area contributed by atoms with E-state index in [1.54, 1.807) is 12.1 Å². The zero-order valence-corrected chi connectivity index (χ0v) is 6.30. The first-order valence-electron chi connectivity index (χ1n) is 3.27. The van der Waals surface area contributed by atoms with Crippen molar-refractivity contribution in [3.8, 4) is 0 Å². The largest absolute Gasteiger partial charge is 0.396 e. The maximum absolute atomic E-state index is 13.0. The van der Waals surface area contributed by atoms with Crippen LogP contribution >= 0.6 is 0 Å². The quantitative estimate of drug-likeness (QED) is 0.658. The van der Waals surface area contributed by atoms with Crippen molar-refractivity contribution in [1.29, 1.82) is 0 Å². The molecular formula is C8H10FNO. The second-order valence-corrected chi connectivity index (χ2v) is 2.25. The first-order chi connectivity index (χ1) is 5.25. The molecule has 0 saturated carbocycles. The maximum atomic E-state index is 13.0. The van der Waals surface area contributed by atoms with Crippen molar-refractivity contribution in [3.63, 3.8) is 0 Å². The Morgan fingerprint density at radius 1 is 1.55 bits per heavy atom. The van der Waals surface area contributed by atoms with Crippen LogP contribution in [-0.2, 0) is 11.3 Å². The van der Waals surface area contributed by atoms with Crippen LogP contribution in [0.3, 0.4) is 0 Å². The summed E-state index contributed by atoms with van der Waals surface area (Å²) in [7, 11) is 1.52. The van der Waals surface area contributed by atoms with Crippen LogP contribution in [0.4, 0.5) is 10.1 Å². The molecule has 0 amide bonds. The summed E-state index contributed by atoms with van der Waals surface area (Å²) >= 11 is 0. The molecule has 0 aromatic heterocycles. The van der Waals surface area contributed by atoms with Gasteiger partial charge < -0.3 is 10.5 Å². The zero-order chi connectivity index (χ0) is 8.27. The number of nitrogen functional groups attached to an aromatic ring is 1. The topological polar surface area (TPSA) is 35.2 Å². The summed E-state index contributed by atoms with van der Waals surface area (Å²) in [5.74, 6) is -0.380. The maximum Gasteiger partial charge on any atom is 0.151 e. The van der Waals surface area contributed by atoms with E-state index in [-0.39, 0.29) is 18.1 Å². The molecule has 0 aliphatic rings. The molecule has 1 aromatic rings. The van der Waals surface area contributed by atoms with Gasteiger partial charge in [-0.05, 0) is 6.07 Å². The van der Waals surface area contributed by atoms with Crippen molar-refractivity contribution in [2.45, 2.75) is 6.61 Å². The van der Waals surface area contributed by atoms with Gasteiger partial charge in [0.2, 0.25) is 0 Å². The predicted molar refractivity (Wildman–Crippen MR) is 41.5 cm³/mol. The minimum atomic E-state index is -0.380. The number of nitrogens with two attached hydrogens (primary N) is 1. The van der Waals surface area contributed by atoms with Gasteiger partial charge in [-0.25, -0.2) is 4.39 Å². The Kier molecular flexibility index (Phi) is 2.44. The molecule has 0 heterocycles. The van der Waals surface area contributed by atoms with E-state index in [0.29, 0.717) is 5.56 Å². The van der Waals surface area contributed by atoms with E-state index < -0.39 is 0 Å². The molecule has 0 unspecified atom stereocenters. The van der Waals surface area contributed by atoms with Gasteiger partial charge in [-0.3, -0.25) is 0 Å². The number of rotatable bonds is 2. The second-order valence-electron chi connectivity index (χ2n) is 2.25. The van der Waals surface area contributed by atoms with Gasteiger partial charge in [0.05, 0.1) is 12.3 Å². The molecule has 60 valence electrons. The third-order valence-corrected chi connectivity index (χ3v) is 1.41. The lowest BCUT2D eigenvalue weighted by molar-refractivity contribution is 0.181. The van der Waals surface area contributed by atoms with Crippen molar-refractivity contribution in [2.24, 2.45) is 0 Å². The van der Waals surface area contributed by atoms with E-state index in [1.807, 2.05) is 0 Å². The van der Waals surface area contributed by atoms with Crippen LogP contribution in [-0.4, -0.2) is 7.11 Å². The third kappa shape index (κ3) is 1.68. The normalized spacial score (nSPS) is 10.0. The lowest BCUT2D eigenvalue weighted by Crippen LogP contribution is -1.97. The van der Waals surface area contributed by atoms with Gasteiger partial charge in [0.1, 0.15) is 0 Å². The minimum absolute atomic E-state index is 0.166. The lowest BCUT2D eigenvalue weighted by Gasteiger charge is -2.02. The summed E-state index contributed by atoms with van der Waals surface area (Å²) in [5, 5.41) is 0. The first kappa shape index (κ1) is 8.01. The van der Waals surface area contributed by atoms with E-state index in [0.717, 1.165) is 0 Å². The number of hydrogen-bond acceptors (Lipinski definition) is 2. The van der Waals surface area contributed by atoms with Gasteiger partial charge in [-0.2, -0.15) is 0 Å². The Morgan fingerprint density at radius 3 is 2.91 bits per heavy atom. The highest BCUT2D eigenvalue weighted by atomic mass is 19.1. The van der Waals surface area contributed by atoms with Gasteiger partial charge in [0.15, 0.2) is 5.82 Å². The molecule has 0 radical (unpaired) electrons. The van der Waals surface area contributed by atoms with Gasteiger partial charge in [0, 0.05) is 12.7 Å². The number of hydrogen-bond donors (Lipinski definition) is 1. The summed E-state index contributed by atoms with van der Waals surface area (Å²) in [6, 6.07) is 4.87.